The molecule has 1 rings (SSSR count). The Morgan fingerprint density at radius 2 is 2.27 bits per heavy atom. The molecular formula is C9H7BrO. The fraction of sp³-hybridized carbons (Fsp3) is 0.111. The average molecular weight is 211 g/mol. The van der Waals surface area contributed by atoms with Crippen LogP contribution < -0.4 is 4.74 Å². The highest BCUT2D eigenvalue weighted by molar-refractivity contribution is 9.10. The van der Waals surface area contributed by atoms with E-state index >= 15 is 0 Å². The lowest BCUT2D eigenvalue weighted by Crippen LogP contribution is -1.84. The Labute approximate surface area is 74.5 Å². The molecule has 0 aromatic heterocycles. The van der Waals surface area contributed by atoms with Crippen molar-refractivity contribution in [3.8, 4) is 18.1 Å². The van der Waals surface area contributed by atoms with Crippen LogP contribution in [0.3, 0.4) is 0 Å². The molecule has 0 N–H and O–H groups in total. The van der Waals surface area contributed by atoms with Gasteiger partial charge in [0, 0.05) is 5.56 Å². The first-order valence-electron chi connectivity index (χ1n) is 3.08. The fourth-order valence-corrected chi connectivity index (χ4v) is 1.30. The van der Waals surface area contributed by atoms with Gasteiger partial charge in [-0.3, -0.25) is 0 Å². The zero-order valence-electron chi connectivity index (χ0n) is 6.10. The summed E-state index contributed by atoms with van der Waals surface area (Å²) in [5, 5.41) is 0. The number of methoxy groups -OCH3 is 1. The van der Waals surface area contributed by atoms with Crippen LogP contribution in [0.4, 0.5) is 0 Å². The zero-order chi connectivity index (χ0) is 8.27. The molecule has 0 saturated heterocycles. The summed E-state index contributed by atoms with van der Waals surface area (Å²) in [5.74, 6) is 3.33. The molecule has 1 aromatic rings. The maximum absolute atomic E-state index is 5.20. The Hall–Kier alpha value is -0.940. The summed E-state index contributed by atoms with van der Waals surface area (Å²) in [6.07, 6.45) is 5.20. The summed E-state index contributed by atoms with van der Waals surface area (Å²) in [7, 11) is 1.62. The molecule has 11 heavy (non-hydrogen) atoms. The van der Waals surface area contributed by atoms with Crippen molar-refractivity contribution in [1.29, 1.82) is 0 Å². The smallest absolute Gasteiger partial charge is 0.133 e. The highest BCUT2D eigenvalue weighted by atomic mass is 79.9. The fourth-order valence-electron chi connectivity index (χ4n) is 0.756. The van der Waals surface area contributed by atoms with Gasteiger partial charge in [-0.2, -0.15) is 0 Å². The number of rotatable bonds is 1. The van der Waals surface area contributed by atoms with E-state index in [1.54, 1.807) is 7.11 Å². The number of hydrogen-bond acceptors (Lipinski definition) is 1. The molecule has 1 aromatic carbocycles. The molecule has 0 bridgehead atoms. The topological polar surface area (TPSA) is 9.23 Å². The SMILES string of the molecule is C#Cc1ccc(OC)c(Br)c1. The van der Waals surface area contributed by atoms with Gasteiger partial charge in [-0.1, -0.05) is 5.92 Å². The molecule has 0 saturated carbocycles. The molecule has 0 aliphatic heterocycles. The summed E-state index contributed by atoms with van der Waals surface area (Å²) in [6, 6.07) is 5.52. The molecule has 0 atom stereocenters. The first kappa shape index (κ1) is 8.16. The van der Waals surface area contributed by atoms with Gasteiger partial charge >= 0.3 is 0 Å². The molecule has 0 unspecified atom stereocenters. The van der Waals surface area contributed by atoms with Crippen LogP contribution in [0.15, 0.2) is 22.7 Å². The highest BCUT2D eigenvalue weighted by Crippen LogP contribution is 2.24. The van der Waals surface area contributed by atoms with Gasteiger partial charge in [0.15, 0.2) is 0 Å². The van der Waals surface area contributed by atoms with Crippen molar-refractivity contribution in [2.45, 2.75) is 0 Å². The minimum atomic E-state index is 0.795. The molecule has 0 heterocycles. The monoisotopic (exact) mass is 210 g/mol. The molecule has 0 amide bonds. The Morgan fingerprint density at radius 3 is 2.73 bits per heavy atom. The van der Waals surface area contributed by atoms with Gasteiger partial charge in [-0.15, -0.1) is 6.42 Å². The van der Waals surface area contributed by atoms with E-state index in [0.29, 0.717) is 0 Å². The Kier molecular flexibility index (Phi) is 2.56. The van der Waals surface area contributed by atoms with Gasteiger partial charge in [0.05, 0.1) is 11.6 Å². The van der Waals surface area contributed by atoms with Gasteiger partial charge in [0.2, 0.25) is 0 Å². The minimum absolute atomic E-state index is 0.795. The minimum Gasteiger partial charge on any atom is -0.496 e. The Bertz CT molecular complexity index is 299. The Balaban J connectivity index is 3.12. The van der Waals surface area contributed by atoms with Crippen molar-refractivity contribution in [2.75, 3.05) is 7.11 Å². The normalized spacial score (nSPS) is 8.82. The predicted molar refractivity (Wildman–Crippen MR) is 48.6 cm³/mol. The quantitative estimate of drug-likeness (QED) is 0.648. The highest BCUT2D eigenvalue weighted by Gasteiger charge is 1.98. The van der Waals surface area contributed by atoms with E-state index < -0.39 is 0 Å². The standard InChI is InChI=1S/C9H7BrO/c1-3-7-4-5-9(11-2)8(10)6-7/h1,4-6H,2H3. The van der Waals surface area contributed by atoms with E-state index in [9.17, 15) is 0 Å². The second kappa shape index (κ2) is 3.45. The van der Waals surface area contributed by atoms with Gasteiger partial charge in [-0.25, -0.2) is 0 Å². The largest absolute Gasteiger partial charge is 0.496 e. The third-order valence-electron chi connectivity index (χ3n) is 1.32. The average Bonchev–Trinajstić information content (AvgIpc) is 2.04. The van der Waals surface area contributed by atoms with Crippen molar-refractivity contribution >= 4 is 15.9 Å². The van der Waals surface area contributed by atoms with E-state index in [2.05, 4.69) is 21.9 Å². The second-order valence-corrected chi connectivity index (χ2v) is 2.85. The van der Waals surface area contributed by atoms with E-state index in [4.69, 9.17) is 11.2 Å². The van der Waals surface area contributed by atoms with E-state index in [1.165, 1.54) is 0 Å². The third kappa shape index (κ3) is 1.75. The van der Waals surface area contributed by atoms with E-state index in [-0.39, 0.29) is 0 Å². The van der Waals surface area contributed by atoms with Crippen LogP contribution in [0.1, 0.15) is 5.56 Å². The zero-order valence-corrected chi connectivity index (χ0v) is 7.68. The van der Waals surface area contributed by atoms with Gasteiger partial charge in [0.25, 0.3) is 0 Å². The lowest BCUT2D eigenvalue weighted by Gasteiger charge is -2.01. The number of ether oxygens (including phenoxy) is 1. The van der Waals surface area contributed by atoms with Crippen LogP contribution in [0.5, 0.6) is 5.75 Å². The lowest BCUT2D eigenvalue weighted by molar-refractivity contribution is 0.412. The maximum Gasteiger partial charge on any atom is 0.133 e. The second-order valence-electron chi connectivity index (χ2n) is 1.99. The number of halogens is 1. The molecular weight excluding hydrogens is 204 g/mol. The van der Waals surface area contributed by atoms with Crippen molar-refractivity contribution in [3.05, 3.63) is 28.2 Å². The number of hydrogen-bond donors (Lipinski definition) is 0. The molecule has 56 valence electrons. The summed E-state index contributed by atoms with van der Waals surface area (Å²) in [5.41, 5.74) is 0.845. The Morgan fingerprint density at radius 1 is 1.55 bits per heavy atom. The van der Waals surface area contributed by atoms with Crippen LogP contribution in [-0.2, 0) is 0 Å². The van der Waals surface area contributed by atoms with Gasteiger partial charge in [-0.05, 0) is 34.1 Å². The summed E-state index contributed by atoms with van der Waals surface area (Å²) >= 11 is 3.33. The van der Waals surface area contributed by atoms with Crippen LogP contribution >= 0.6 is 15.9 Å². The summed E-state index contributed by atoms with van der Waals surface area (Å²) in [6.45, 7) is 0. The summed E-state index contributed by atoms with van der Waals surface area (Å²) < 4.78 is 5.91. The van der Waals surface area contributed by atoms with E-state index in [0.717, 1.165) is 15.8 Å². The van der Waals surface area contributed by atoms with Crippen LogP contribution in [-0.4, -0.2) is 7.11 Å². The molecule has 2 heteroatoms. The van der Waals surface area contributed by atoms with E-state index in [1.807, 2.05) is 18.2 Å². The predicted octanol–water partition coefficient (Wildman–Crippen LogP) is 2.44. The molecule has 1 nitrogen and oxygen atoms in total. The van der Waals surface area contributed by atoms with Crippen LogP contribution in [0.2, 0.25) is 0 Å². The lowest BCUT2D eigenvalue weighted by atomic mass is 10.2. The van der Waals surface area contributed by atoms with Crippen molar-refractivity contribution in [2.24, 2.45) is 0 Å². The summed E-state index contributed by atoms with van der Waals surface area (Å²) in [4.78, 5) is 0. The van der Waals surface area contributed by atoms with Crippen molar-refractivity contribution in [1.82, 2.24) is 0 Å². The molecule has 0 spiro atoms. The van der Waals surface area contributed by atoms with Crippen molar-refractivity contribution in [3.63, 3.8) is 0 Å². The van der Waals surface area contributed by atoms with Gasteiger partial charge < -0.3 is 4.74 Å². The maximum atomic E-state index is 5.20. The first-order valence-corrected chi connectivity index (χ1v) is 3.87. The number of benzene rings is 1. The molecule has 0 aliphatic carbocycles. The van der Waals surface area contributed by atoms with Crippen molar-refractivity contribution < 1.29 is 4.74 Å². The first-order chi connectivity index (χ1) is 5.27. The molecule has 0 fully saturated rings. The molecule has 0 radical (unpaired) electrons. The third-order valence-corrected chi connectivity index (χ3v) is 1.94. The molecule has 0 aliphatic rings. The van der Waals surface area contributed by atoms with Crippen LogP contribution in [0.25, 0.3) is 0 Å². The number of terminal acetylenes is 1. The van der Waals surface area contributed by atoms with Gasteiger partial charge in [0.1, 0.15) is 5.75 Å². The van der Waals surface area contributed by atoms with Crippen LogP contribution in [0, 0.1) is 12.3 Å².